The lowest BCUT2D eigenvalue weighted by Gasteiger charge is -2.23. The van der Waals surface area contributed by atoms with E-state index in [2.05, 4.69) is 19.9 Å². The Morgan fingerprint density at radius 2 is 1.79 bits per heavy atom. The number of fused-ring (bicyclic) bond motifs is 1. The summed E-state index contributed by atoms with van der Waals surface area (Å²) in [6.07, 6.45) is 4.27. The molecule has 0 bridgehead atoms. The lowest BCUT2D eigenvalue weighted by molar-refractivity contribution is -0.141. The van der Waals surface area contributed by atoms with Gasteiger partial charge in [-0.3, -0.25) is 4.79 Å². The fourth-order valence-electron chi connectivity index (χ4n) is 3.38. The number of ketones is 1. The van der Waals surface area contributed by atoms with Gasteiger partial charge in [0.15, 0.2) is 12.4 Å². The number of anilines is 1. The van der Waals surface area contributed by atoms with Crippen molar-refractivity contribution in [3.8, 4) is 0 Å². The molecule has 0 saturated carbocycles. The molecule has 0 unspecified atom stereocenters. The van der Waals surface area contributed by atoms with Crippen LogP contribution in [-0.4, -0.2) is 25.4 Å². The molecule has 0 fully saturated rings. The second-order valence-electron chi connectivity index (χ2n) is 7.19. The number of ether oxygens (including phenoxy) is 1. The molecule has 0 atom stereocenters. The third-order valence-electron chi connectivity index (χ3n) is 4.88. The minimum Gasteiger partial charge on any atom is -0.454 e. The quantitative estimate of drug-likeness (QED) is 0.575. The average Bonchev–Trinajstić information content (AvgIpc) is 2.87. The van der Waals surface area contributed by atoms with E-state index in [0.717, 1.165) is 16.9 Å². The first-order valence-corrected chi connectivity index (χ1v) is 8.97. The number of para-hydroxylation sites is 1. The fraction of sp³-hybridized carbons (Fsp3) is 0.217. The number of allylic oxidation sites excluding steroid dienone is 1. The van der Waals surface area contributed by atoms with Gasteiger partial charge in [-0.1, -0.05) is 44.2 Å². The molecule has 2 aromatic rings. The molecule has 0 amide bonds. The Kier molecular flexibility index (Phi) is 5.45. The van der Waals surface area contributed by atoms with Crippen LogP contribution in [0.4, 0.5) is 10.1 Å². The minimum absolute atomic E-state index is 0.286. The Morgan fingerprint density at radius 1 is 1.11 bits per heavy atom. The van der Waals surface area contributed by atoms with E-state index in [9.17, 15) is 14.0 Å². The molecule has 144 valence electrons. The summed E-state index contributed by atoms with van der Waals surface area (Å²) >= 11 is 0. The van der Waals surface area contributed by atoms with Crippen LogP contribution in [0, 0.1) is 5.82 Å². The normalized spacial score (nSPS) is 16.4. The zero-order valence-corrected chi connectivity index (χ0v) is 16.1. The van der Waals surface area contributed by atoms with Gasteiger partial charge in [0.1, 0.15) is 5.82 Å². The SMILES string of the molecule is CN1/C(=C/C(=O)COC(=O)/C=C/c2ccc(F)cc2)C(C)(C)c2ccccc21. The molecule has 2 aromatic carbocycles. The van der Waals surface area contributed by atoms with Crippen LogP contribution in [0.5, 0.6) is 0 Å². The first-order chi connectivity index (χ1) is 13.3. The highest BCUT2D eigenvalue weighted by Gasteiger charge is 2.38. The predicted octanol–water partition coefficient (Wildman–Crippen LogP) is 4.26. The number of nitrogens with zero attached hydrogens (tertiary/aromatic N) is 1. The Balaban J connectivity index is 1.62. The molecular weight excluding hydrogens is 357 g/mol. The molecule has 1 aliphatic heterocycles. The van der Waals surface area contributed by atoms with Crippen LogP contribution in [0.3, 0.4) is 0 Å². The second-order valence-corrected chi connectivity index (χ2v) is 7.19. The van der Waals surface area contributed by atoms with Crippen LogP contribution in [0.25, 0.3) is 6.08 Å². The van der Waals surface area contributed by atoms with Crippen LogP contribution in [0.1, 0.15) is 25.0 Å². The summed E-state index contributed by atoms with van der Waals surface area (Å²) in [7, 11) is 1.92. The lowest BCUT2D eigenvalue weighted by Crippen LogP contribution is -2.25. The van der Waals surface area contributed by atoms with Crippen molar-refractivity contribution in [1.29, 1.82) is 0 Å². The minimum atomic E-state index is -0.626. The van der Waals surface area contributed by atoms with E-state index < -0.39 is 5.97 Å². The lowest BCUT2D eigenvalue weighted by atomic mass is 9.83. The zero-order chi connectivity index (χ0) is 20.3. The van der Waals surface area contributed by atoms with E-state index in [4.69, 9.17) is 4.74 Å². The van der Waals surface area contributed by atoms with E-state index in [0.29, 0.717) is 5.56 Å². The smallest absolute Gasteiger partial charge is 0.331 e. The molecule has 0 saturated heterocycles. The topological polar surface area (TPSA) is 46.6 Å². The molecule has 0 aliphatic carbocycles. The number of likely N-dealkylation sites (N-methyl/N-ethyl adjacent to an activating group) is 1. The van der Waals surface area contributed by atoms with Gasteiger partial charge < -0.3 is 9.64 Å². The van der Waals surface area contributed by atoms with Crippen molar-refractivity contribution in [1.82, 2.24) is 0 Å². The number of benzene rings is 2. The van der Waals surface area contributed by atoms with Crippen molar-refractivity contribution in [2.45, 2.75) is 19.3 Å². The maximum absolute atomic E-state index is 12.9. The highest BCUT2D eigenvalue weighted by atomic mass is 19.1. The molecule has 1 aliphatic rings. The molecule has 0 spiro atoms. The highest BCUT2D eigenvalue weighted by molar-refractivity contribution is 5.96. The summed E-state index contributed by atoms with van der Waals surface area (Å²) in [6.45, 7) is 3.79. The molecule has 5 heteroatoms. The van der Waals surface area contributed by atoms with Crippen LogP contribution >= 0.6 is 0 Å². The number of esters is 1. The van der Waals surface area contributed by atoms with E-state index in [1.54, 1.807) is 12.1 Å². The van der Waals surface area contributed by atoms with E-state index in [-0.39, 0.29) is 23.6 Å². The van der Waals surface area contributed by atoms with Gasteiger partial charge in [0, 0.05) is 36.0 Å². The van der Waals surface area contributed by atoms with Crippen molar-refractivity contribution in [2.24, 2.45) is 0 Å². The monoisotopic (exact) mass is 379 g/mol. The van der Waals surface area contributed by atoms with E-state index in [1.165, 1.54) is 30.4 Å². The number of hydrogen-bond acceptors (Lipinski definition) is 4. The molecule has 4 nitrogen and oxygen atoms in total. The molecule has 0 N–H and O–H groups in total. The van der Waals surface area contributed by atoms with Crippen LogP contribution in [0.2, 0.25) is 0 Å². The fourth-order valence-corrected chi connectivity index (χ4v) is 3.38. The van der Waals surface area contributed by atoms with Gasteiger partial charge in [-0.2, -0.15) is 0 Å². The Morgan fingerprint density at radius 3 is 2.46 bits per heavy atom. The van der Waals surface area contributed by atoms with E-state index in [1.807, 2.05) is 30.1 Å². The molecule has 1 heterocycles. The molecule has 28 heavy (non-hydrogen) atoms. The summed E-state index contributed by atoms with van der Waals surface area (Å²) < 4.78 is 17.9. The van der Waals surface area contributed by atoms with Gasteiger partial charge in [-0.15, -0.1) is 0 Å². The summed E-state index contributed by atoms with van der Waals surface area (Å²) in [5, 5.41) is 0. The second kappa shape index (κ2) is 7.80. The third kappa shape index (κ3) is 4.03. The van der Waals surface area contributed by atoms with Gasteiger partial charge >= 0.3 is 5.97 Å². The zero-order valence-electron chi connectivity index (χ0n) is 16.1. The largest absolute Gasteiger partial charge is 0.454 e. The molecule has 0 aromatic heterocycles. The first kappa shape index (κ1) is 19.5. The van der Waals surface area contributed by atoms with Crippen molar-refractivity contribution in [2.75, 3.05) is 18.6 Å². The summed E-state index contributed by atoms with van der Waals surface area (Å²) in [5.41, 5.74) is 3.42. The molecular formula is C23H22FNO3. The van der Waals surface area contributed by atoms with Crippen LogP contribution < -0.4 is 4.90 Å². The molecule has 0 radical (unpaired) electrons. The Bertz CT molecular complexity index is 958. The summed E-state index contributed by atoms with van der Waals surface area (Å²) in [5.74, 6) is -1.26. The summed E-state index contributed by atoms with van der Waals surface area (Å²) in [4.78, 5) is 26.2. The predicted molar refractivity (Wildman–Crippen MR) is 107 cm³/mol. The Hall–Kier alpha value is -3.21. The van der Waals surface area contributed by atoms with Crippen molar-refractivity contribution in [3.63, 3.8) is 0 Å². The third-order valence-corrected chi connectivity index (χ3v) is 4.88. The number of halogens is 1. The van der Waals surface area contributed by atoms with Gasteiger partial charge in [0.2, 0.25) is 0 Å². The van der Waals surface area contributed by atoms with Crippen molar-refractivity contribution < 1.29 is 18.7 Å². The maximum Gasteiger partial charge on any atom is 0.331 e. The number of hydrogen-bond donors (Lipinski definition) is 0. The first-order valence-electron chi connectivity index (χ1n) is 8.97. The van der Waals surface area contributed by atoms with Gasteiger partial charge in [-0.05, 0) is 35.4 Å². The maximum atomic E-state index is 12.9. The van der Waals surface area contributed by atoms with Crippen LogP contribution in [-0.2, 0) is 19.7 Å². The number of carbonyl (C=O) groups excluding carboxylic acids is 2. The standard InChI is InChI=1S/C23H22FNO3/c1-23(2)19-6-4-5-7-20(19)25(3)21(23)14-18(26)15-28-22(27)13-10-16-8-11-17(24)12-9-16/h4-14H,15H2,1-3H3/b13-10+,21-14+. The highest BCUT2D eigenvalue weighted by Crippen LogP contribution is 2.46. The van der Waals surface area contributed by atoms with Crippen LogP contribution in [0.15, 0.2) is 66.4 Å². The Labute approximate surface area is 163 Å². The van der Waals surface area contributed by atoms with E-state index >= 15 is 0 Å². The number of carbonyl (C=O) groups is 2. The van der Waals surface area contributed by atoms with Gasteiger partial charge in [0.05, 0.1) is 0 Å². The average molecular weight is 379 g/mol. The van der Waals surface area contributed by atoms with Crippen molar-refractivity contribution >= 4 is 23.5 Å². The summed E-state index contributed by atoms with van der Waals surface area (Å²) in [6, 6.07) is 13.7. The van der Waals surface area contributed by atoms with Gasteiger partial charge in [-0.25, -0.2) is 9.18 Å². The van der Waals surface area contributed by atoms with Crippen molar-refractivity contribution in [3.05, 3.63) is 83.3 Å². The molecule has 3 rings (SSSR count). The van der Waals surface area contributed by atoms with Gasteiger partial charge in [0.25, 0.3) is 0 Å². The number of rotatable bonds is 5.